The van der Waals surface area contributed by atoms with Gasteiger partial charge in [-0.1, -0.05) is 39.8 Å². The molecule has 1 heterocycles. The van der Waals surface area contributed by atoms with Gasteiger partial charge >= 0.3 is 11.9 Å². The molecule has 7 nitrogen and oxygen atoms in total. The van der Waals surface area contributed by atoms with Crippen LogP contribution >= 0.6 is 0 Å². The molecule has 0 saturated heterocycles. The summed E-state index contributed by atoms with van der Waals surface area (Å²) in [5.41, 5.74) is 0.316. The molecule has 0 amide bonds. The molecular weight excluding hydrogens is 434 g/mol. The molecule has 1 saturated carbocycles. The Morgan fingerprint density at radius 3 is 2.26 bits per heavy atom. The largest absolute Gasteiger partial charge is 0.481 e. The summed E-state index contributed by atoms with van der Waals surface area (Å²) in [5.74, 6) is -1.81. The van der Waals surface area contributed by atoms with Crippen LogP contribution in [0.15, 0.2) is 23.8 Å². The number of aliphatic carboxylic acids is 1. The first-order valence-electron chi connectivity index (χ1n) is 12.6. The molecule has 0 aromatic heterocycles. The number of hydrogen-bond donors (Lipinski definition) is 3. The second-order valence-corrected chi connectivity index (χ2v) is 10.7. The Balaban J connectivity index is 2.26. The minimum Gasteiger partial charge on any atom is -0.481 e. The van der Waals surface area contributed by atoms with Crippen molar-refractivity contribution in [2.24, 2.45) is 35.5 Å². The predicted octanol–water partition coefficient (Wildman–Crippen LogP) is 4.25. The monoisotopic (exact) mass is 475 g/mol. The van der Waals surface area contributed by atoms with Crippen LogP contribution < -0.4 is 0 Å². The van der Waals surface area contributed by atoms with Gasteiger partial charge in [0.2, 0.25) is 0 Å². The van der Waals surface area contributed by atoms with Gasteiger partial charge in [-0.2, -0.15) is 5.26 Å². The number of esters is 1. The van der Waals surface area contributed by atoms with E-state index in [1.54, 1.807) is 18.2 Å². The van der Waals surface area contributed by atoms with Gasteiger partial charge in [0.05, 0.1) is 36.2 Å². The fourth-order valence-electron chi connectivity index (χ4n) is 5.45. The third-order valence-corrected chi connectivity index (χ3v) is 7.51. The lowest BCUT2D eigenvalue weighted by atomic mass is 9.70. The molecule has 0 radical (unpaired) electrons. The number of nitriles is 1. The number of carboxylic acids is 1. The lowest BCUT2D eigenvalue weighted by molar-refractivity contribution is -0.162. The van der Waals surface area contributed by atoms with E-state index in [1.165, 1.54) is 0 Å². The highest BCUT2D eigenvalue weighted by Crippen LogP contribution is 2.39. The van der Waals surface area contributed by atoms with Gasteiger partial charge in [-0.15, -0.1) is 0 Å². The van der Waals surface area contributed by atoms with Crippen LogP contribution in [0.25, 0.3) is 0 Å². The van der Waals surface area contributed by atoms with Gasteiger partial charge in [-0.05, 0) is 68.3 Å². The standard InChI is InChI=1S/C27H41NO6/c1-16-11-17(2)13-19(4)26(31)20(15-28)7-5-6-8-24(21-9-10-22(21)27(32)33)34-25(30)14-23(29)18(3)12-16/h6-8,16-19,21-24,26,29,31H,5,9-14H2,1-4H3,(H,32,33)/b8-6+,20-7+/t16-,17+,18-,19-,21+,22+,23-,24-,26+/m0/s1. The molecule has 190 valence electrons. The van der Waals surface area contributed by atoms with Crippen LogP contribution in [0.4, 0.5) is 0 Å². The summed E-state index contributed by atoms with van der Waals surface area (Å²) >= 11 is 0. The molecule has 3 N–H and O–H groups in total. The van der Waals surface area contributed by atoms with Gasteiger partial charge in [-0.3, -0.25) is 9.59 Å². The summed E-state index contributed by atoms with van der Waals surface area (Å²) in [5, 5.41) is 40.3. The molecule has 2 rings (SSSR count). The van der Waals surface area contributed by atoms with E-state index in [4.69, 9.17) is 4.74 Å². The van der Waals surface area contributed by atoms with Crippen molar-refractivity contribution in [3.8, 4) is 6.07 Å². The normalized spacial score (nSPS) is 41.4. The highest BCUT2D eigenvalue weighted by Gasteiger charge is 2.42. The molecule has 7 heteroatoms. The number of allylic oxidation sites excluding steroid dienone is 2. The van der Waals surface area contributed by atoms with Gasteiger partial charge in [0.25, 0.3) is 0 Å². The molecule has 1 aliphatic carbocycles. The van der Waals surface area contributed by atoms with Crippen LogP contribution in [0, 0.1) is 46.8 Å². The SMILES string of the molecule is C[C@@H]1C[C@H](C)C[C@H](C)[C@@H](O)CC(=O)O[C@H]([C@@H]2CC[C@H]2C(=O)O)/C=C/C/C=C(\C#N)[C@H](O)[C@@H](C)C1. The number of rotatable bonds is 2. The van der Waals surface area contributed by atoms with E-state index in [-0.39, 0.29) is 24.2 Å². The third kappa shape index (κ3) is 7.95. The molecule has 0 spiro atoms. The highest BCUT2D eigenvalue weighted by atomic mass is 16.5. The van der Waals surface area contributed by atoms with E-state index in [0.717, 1.165) is 19.3 Å². The number of nitrogens with zero attached hydrogens (tertiary/aromatic N) is 1. The Labute approximate surface area is 203 Å². The quantitative estimate of drug-likeness (QED) is 0.402. The van der Waals surface area contributed by atoms with E-state index in [9.17, 15) is 30.2 Å². The van der Waals surface area contributed by atoms with Crippen molar-refractivity contribution in [3.63, 3.8) is 0 Å². The van der Waals surface area contributed by atoms with E-state index < -0.39 is 36.2 Å². The first-order valence-corrected chi connectivity index (χ1v) is 12.6. The molecule has 0 bridgehead atoms. The van der Waals surface area contributed by atoms with Crippen LogP contribution in [0.5, 0.6) is 0 Å². The second kappa shape index (κ2) is 13.1. The highest BCUT2D eigenvalue weighted by molar-refractivity contribution is 5.72. The molecule has 1 aliphatic heterocycles. The summed E-state index contributed by atoms with van der Waals surface area (Å²) in [7, 11) is 0. The van der Waals surface area contributed by atoms with Crippen LogP contribution in [-0.4, -0.2) is 45.6 Å². The molecule has 9 atom stereocenters. The summed E-state index contributed by atoms with van der Waals surface area (Å²) in [6.45, 7) is 8.15. The zero-order chi connectivity index (χ0) is 25.4. The second-order valence-electron chi connectivity index (χ2n) is 10.7. The van der Waals surface area contributed by atoms with Crippen LogP contribution in [0.2, 0.25) is 0 Å². The third-order valence-electron chi connectivity index (χ3n) is 7.51. The van der Waals surface area contributed by atoms with Crippen LogP contribution in [-0.2, 0) is 14.3 Å². The number of carboxylic acid groups (broad SMARTS) is 1. The first kappa shape index (κ1) is 28.1. The summed E-state index contributed by atoms with van der Waals surface area (Å²) in [4.78, 5) is 24.2. The molecule has 0 unspecified atom stereocenters. The van der Waals surface area contributed by atoms with Crippen molar-refractivity contribution in [2.75, 3.05) is 0 Å². The fourth-order valence-corrected chi connectivity index (χ4v) is 5.45. The maximum Gasteiger partial charge on any atom is 0.309 e. The van der Waals surface area contributed by atoms with Crippen molar-refractivity contribution < 1.29 is 29.6 Å². The smallest absolute Gasteiger partial charge is 0.309 e. The maximum atomic E-state index is 12.6. The van der Waals surface area contributed by atoms with Crippen LogP contribution in [0.3, 0.4) is 0 Å². The Morgan fingerprint density at radius 2 is 1.71 bits per heavy atom. The number of carbonyl (C=O) groups is 2. The van der Waals surface area contributed by atoms with Gasteiger partial charge in [0, 0.05) is 5.92 Å². The zero-order valence-electron chi connectivity index (χ0n) is 20.9. The van der Waals surface area contributed by atoms with Crippen molar-refractivity contribution >= 4 is 11.9 Å². The summed E-state index contributed by atoms with van der Waals surface area (Å²) in [6, 6.07) is 2.11. The zero-order valence-corrected chi connectivity index (χ0v) is 20.9. The maximum absolute atomic E-state index is 12.6. The van der Waals surface area contributed by atoms with Gasteiger partial charge in [0.15, 0.2) is 0 Å². The topological polar surface area (TPSA) is 128 Å². The number of ether oxygens (including phenoxy) is 1. The van der Waals surface area contributed by atoms with Crippen molar-refractivity contribution in [2.45, 2.75) is 91.0 Å². The molecule has 34 heavy (non-hydrogen) atoms. The van der Waals surface area contributed by atoms with E-state index >= 15 is 0 Å². The van der Waals surface area contributed by atoms with Gasteiger partial charge in [0.1, 0.15) is 6.10 Å². The number of aliphatic hydroxyl groups is 2. The fraction of sp³-hybridized carbons (Fsp3) is 0.741. The predicted molar refractivity (Wildman–Crippen MR) is 128 cm³/mol. The molecular formula is C27H41NO6. The molecule has 0 aromatic rings. The average molecular weight is 476 g/mol. The Morgan fingerprint density at radius 1 is 1.06 bits per heavy atom. The minimum absolute atomic E-state index is 0.0704. The number of carbonyl (C=O) groups excluding carboxylic acids is 1. The number of aliphatic hydroxyl groups excluding tert-OH is 2. The van der Waals surface area contributed by atoms with Crippen LogP contribution in [0.1, 0.15) is 72.6 Å². The lowest BCUT2D eigenvalue weighted by Crippen LogP contribution is -2.42. The van der Waals surface area contributed by atoms with E-state index in [0.29, 0.717) is 36.7 Å². The van der Waals surface area contributed by atoms with Gasteiger partial charge < -0.3 is 20.1 Å². The summed E-state index contributed by atoms with van der Waals surface area (Å²) < 4.78 is 5.65. The molecule has 0 aromatic carbocycles. The molecule has 2 aliphatic rings. The number of hydrogen-bond acceptors (Lipinski definition) is 6. The number of cyclic esters (lactones) is 1. The van der Waals surface area contributed by atoms with E-state index in [2.05, 4.69) is 19.9 Å². The molecule has 1 fully saturated rings. The summed E-state index contributed by atoms with van der Waals surface area (Å²) in [6.07, 6.45) is 6.60. The average Bonchev–Trinajstić information content (AvgIpc) is 2.70. The lowest BCUT2D eigenvalue weighted by Gasteiger charge is -2.37. The first-order chi connectivity index (χ1) is 16.0. The minimum atomic E-state index is -0.902. The van der Waals surface area contributed by atoms with Gasteiger partial charge in [-0.25, -0.2) is 0 Å². The van der Waals surface area contributed by atoms with Crippen molar-refractivity contribution in [1.82, 2.24) is 0 Å². The van der Waals surface area contributed by atoms with Crippen molar-refractivity contribution in [1.29, 1.82) is 5.26 Å². The Kier molecular flexibility index (Phi) is 10.8. The Hall–Kier alpha value is -2.17. The Bertz CT molecular complexity index is 799. The van der Waals surface area contributed by atoms with Crippen molar-refractivity contribution in [3.05, 3.63) is 23.8 Å². The van der Waals surface area contributed by atoms with E-state index in [1.807, 2.05) is 13.8 Å².